The maximum atomic E-state index is 12.9. The van der Waals surface area contributed by atoms with E-state index >= 15 is 0 Å². The van der Waals surface area contributed by atoms with E-state index in [2.05, 4.69) is 0 Å². The fraction of sp³-hybridized carbons (Fsp3) is 0.826. The lowest BCUT2D eigenvalue weighted by Gasteiger charge is -2.23. The number of nitrogens with zero attached hydrogens (tertiary/aromatic N) is 2. The van der Waals surface area contributed by atoms with Crippen molar-refractivity contribution in [3.63, 3.8) is 0 Å². The van der Waals surface area contributed by atoms with Gasteiger partial charge in [-0.3, -0.25) is 23.1 Å². The van der Waals surface area contributed by atoms with Crippen molar-refractivity contribution in [2.75, 3.05) is 25.9 Å². The largest absolute Gasteiger partial charge is 0.367 e. The third-order valence-electron chi connectivity index (χ3n) is 4.33. The molecule has 0 aliphatic heterocycles. The number of ether oxygens (including phenoxy) is 2. The number of rotatable bonds is 18. The van der Waals surface area contributed by atoms with Crippen molar-refractivity contribution < 1.29 is 36.7 Å². The summed E-state index contributed by atoms with van der Waals surface area (Å²) in [6, 6.07) is 0. The van der Waals surface area contributed by atoms with Gasteiger partial charge in [-0.25, -0.2) is 4.79 Å². The van der Waals surface area contributed by atoms with Crippen LogP contribution in [0.5, 0.6) is 0 Å². The Morgan fingerprint density at radius 2 is 1.08 bits per heavy atom. The minimum atomic E-state index is -3.50. The van der Waals surface area contributed by atoms with Gasteiger partial charge in [0.05, 0.1) is 50.7 Å². The van der Waals surface area contributed by atoms with Crippen LogP contribution in [0.1, 0.15) is 61.0 Å². The van der Waals surface area contributed by atoms with E-state index in [1.165, 1.54) is 10.8 Å². The van der Waals surface area contributed by atoms with Gasteiger partial charge in [0, 0.05) is 11.8 Å². The summed E-state index contributed by atoms with van der Waals surface area (Å²) in [7, 11) is -6.97. The standard InChI is InChI=1S/C23H44N2O10P2/c1-17(2)32-36(28,33-18(3)4)15-30-12-10-24-14-21(9)22(26)25(23(24)27)11-13-31-16-37(29,34-19(5)6)35-20(7)8/h14,17-20H,10-13,15-16H2,1-9H3. The Morgan fingerprint density at radius 3 is 1.46 bits per heavy atom. The van der Waals surface area contributed by atoms with Crippen LogP contribution in [0.3, 0.4) is 0 Å². The summed E-state index contributed by atoms with van der Waals surface area (Å²) in [5.41, 5.74) is -0.651. The lowest BCUT2D eigenvalue weighted by Crippen LogP contribution is -2.42. The zero-order chi connectivity index (χ0) is 28.4. The van der Waals surface area contributed by atoms with Crippen LogP contribution < -0.4 is 11.2 Å². The van der Waals surface area contributed by atoms with Crippen molar-refractivity contribution in [1.29, 1.82) is 0 Å². The third-order valence-corrected chi connectivity index (χ3v) is 8.30. The average Bonchev–Trinajstić information content (AvgIpc) is 2.71. The monoisotopic (exact) mass is 570 g/mol. The molecule has 1 rings (SSSR count). The van der Waals surface area contributed by atoms with E-state index in [-0.39, 0.29) is 63.4 Å². The molecule has 0 bridgehead atoms. The smallest absolute Gasteiger partial charge is 0.356 e. The average molecular weight is 571 g/mol. The van der Waals surface area contributed by atoms with Gasteiger partial charge in [0.15, 0.2) is 0 Å². The molecule has 12 nitrogen and oxygen atoms in total. The van der Waals surface area contributed by atoms with Crippen molar-refractivity contribution in [2.24, 2.45) is 0 Å². The third kappa shape index (κ3) is 12.5. The van der Waals surface area contributed by atoms with Gasteiger partial charge in [0.25, 0.3) is 5.56 Å². The minimum absolute atomic E-state index is 0.0449. The Kier molecular flexibility index (Phi) is 14.2. The maximum absolute atomic E-state index is 12.9. The van der Waals surface area contributed by atoms with Crippen LogP contribution in [0, 0.1) is 6.92 Å². The van der Waals surface area contributed by atoms with Gasteiger partial charge in [-0.15, -0.1) is 0 Å². The van der Waals surface area contributed by atoms with Gasteiger partial charge >= 0.3 is 20.9 Å². The molecule has 0 radical (unpaired) electrons. The molecule has 0 saturated carbocycles. The van der Waals surface area contributed by atoms with E-state index in [1.807, 2.05) is 0 Å². The molecule has 0 aliphatic carbocycles. The summed E-state index contributed by atoms with van der Waals surface area (Å²) in [5, 5.41) is 0. The lowest BCUT2D eigenvalue weighted by molar-refractivity contribution is 0.0938. The van der Waals surface area contributed by atoms with Gasteiger partial charge in [-0.2, -0.15) is 0 Å². The molecule has 1 heterocycles. The van der Waals surface area contributed by atoms with Crippen molar-refractivity contribution >= 4 is 15.2 Å². The first kappa shape index (κ1) is 33.9. The molecular weight excluding hydrogens is 526 g/mol. The van der Waals surface area contributed by atoms with Gasteiger partial charge in [0.1, 0.15) is 12.7 Å². The molecule has 37 heavy (non-hydrogen) atoms. The van der Waals surface area contributed by atoms with E-state index in [0.717, 1.165) is 4.57 Å². The summed E-state index contributed by atoms with van der Waals surface area (Å²) in [6.45, 7) is 15.6. The Hall–Kier alpha value is -1.10. The van der Waals surface area contributed by atoms with E-state index in [9.17, 15) is 18.7 Å². The number of aromatic nitrogens is 2. The van der Waals surface area contributed by atoms with Crippen molar-refractivity contribution in [2.45, 2.75) is 99.8 Å². The van der Waals surface area contributed by atoms with Gasteiger partial charge in [-0.05, 0) is 62.3 Å². The molecule has 0 atom stereocenters. The number of aryl methyl sites for hydroxylation is 1. The zero-order valence-corrected chi connectivity index (χ0v) is 25.3. The molecule has 0 spiro atoms. The zero-order valence-electron chi connectivity index (χ0n) is 23.5. The first-order chi connectivity index (χ1) is 17.1. The Bertz CT molecular complexity index is 1020. The SMILES string of the molecule is Cc1cn(CCOCP(=O)(OC(C)C)OC(C)C)c(=O)n(CCOCP(=O)(OC(C)C)OC(C)C)c1=O. The second-order valence-electron chi connectivity index (χ2n) is 9.66. The van der Waals surface area contributed by atoms with Crippen molar-refractivity contribution in [3.05, 3.63) is 32.6 Å². The Balaban J connectivity index is 2.82. The highest BCUT2D eigenvalue weighted by Crippen LogP contribution is 2.51. The van der Waals surface area contributed by atoms with E-state index in [0.29, 0.717) is 5.56 Å². The second-order valence-corrected chi connectivity index (χ2v) is 13.5. The van der Waals surface area contributed by atoms with Crippen LogP contribution in [-0.2, 0) is 49.8 Å². The Labute approximate surface area is 219 Å². The number of hydrogen-bond donors (Lipinski definition) is 0. The molecule has 1 aromatic heterocycles. The van der Waals surface area contributed by atoms with Crippen LogP contribution >= 0.6 is 15.2 Å². The van der Waals surface area contributed by atoms with Gasteiger partial charge in [-0.1, -0.05) is 0 Å². The molecule has 0 fully saturated rings. The molecule has 0 aromatic carbocycles. The summed E-state index contributed by atoms with van der Waals surface area (Å²) >= 11 is 0. The fourth-order valence-electron chi connectivity index (χ4n) is 3.28. The maximum Gasteiger partial charge on any atom is 0.356 e. The van der Waals surface area contributed by atoms with Crippen LogP contribution in [0.15, 0.2) is 15.8 Å². The Morgan fingerprint density at radius 1 is 0.703 bits per heavy atom. The summed E-state index contributed by atoms with van der Waals surface area (Å²) in [4.78, 5) is 25.5. The quantitative estimate of drug-likeness (QED) is 0.185. The first-order valence-corrected chi connectivity index (χ1v) is 15.9. The molecule has 14 heteroatoms. The van der Waals surface area contributed by atoms with E-state index in [1.54, 1.807) is 62.3 Å². The van der Waals surface area contributed by atoms with Crippen LogP contribution in [0.25, 0.3) is 0 Å². The van der Waals surface area contributed by atoms with Crippen LogP contribution in [0.2, 0.25) is 0 Å². The second kappa shape index (κ2) is 15.5. The van der Waals surface area contributed by atoms with Crippen LogP contribution in [-0.4, -0.2) is 59.5 Å². The highest BCUT2D eigenvalue weighted by atomic mass is 31.2. The lowest BCUT2D eigenvalue weighted by atomic mass is 10.3. The fourth-order valence-corrected chi connectivity index (χ4v) is 6.90. The molecular formula is C23H44N2O10P2. The van der Waals surface area contributed by atoms with Crippen LogP contribution in [0.4, 0.5) is 0 Å². The topological polar surface area (TPSA) is 134 Å². The van der Waals surface area contributed by atoms with Gasteiger partial charge in [0.2, 0.25) is 0 Å². The molecule has 0 unspecified atom stereocenters. The highest BCUT2D eigenvalue weighted by molar-refractivity contribution is 7.53. The normalized spacial score (nSPS) is 13.0. The van der Waals surface area contributed by atoms with E-state index < -0.39 is 26.4 Å². The van der Waals surface area contributed by atoms with E-state index in [4.69, 9.17) is 27.6 Å². The molecule has 0 aliphatic rings. The summed E-state index contributed by atoms with van der Waals surface area (Å²) < 4.78 is 60.9. The van der Waals surface area contributed by atoms with Crippen molar-refractivity contribution in [1.82, 2.24) is 9.13 Å². The molecule has 216 valence electrons. The summed E-state index contributed by atoms with van der Waals surface area (Å²) in [6.07, 6.45) is -0.403. The molecule has 1 aromatic rings. The molecule has 0 N–H and O–H groups in total. The first-order valence-electron chi connectivity index (χ1n) is 12.5. The van der Waals surface area contributed by atoms with Crippen molar-refractivity contribution in [3.8, 4) is 0 Å². The predicted octanol–water partition coefficient (Wildman–Crippen LogP) is 4.35. The number of hydrogen-bond acceptors (Lipinski definition) is 10. The summed E-state index contributed by atoms with van der Waals surface area (Å²) in [5.74, 6) is 0. The predicted molar refractivity (Wildman–Crippen MR) is 141 cm³/mol. The highest BCUT2D eigenvalue weighted by Gasteiger charge is 2.29. The molecule has 0 amide bonds. The minimum Gasteiger partial charge on any atom is -0.367 e. The molecule has 0 saturated heterocycles. The van der Waals surface area contributed by atoms with Gasteiger partial charge < -0.3 is 27.6 Å².